The fourth-order valence-electron chi connectivity index (χ4n) is 3.13. The van der Waals surface area contributed by atoms with Gasteiger partial charge in [0.1, 0.15) is 6.61 Å². The molecule has 1 aromatic rings. The van der Waals surface area contributed by atoms with Gasteiger partial charge in [-0.1, -0.05) is 50.3 Å². The first-order chi connectivity index (χ1) is 10.6. The summed E-state index contributed by atoms with van der Waals surface area (Å²) in [6, 6.07) is 9.99. The van der Waals surface area contributed by atoms with Gasteiger partial charge in [0, 0.05) is 5.92 Å². The van der Waals surface area contributed by atoms with Crippen molar-refractivity contribution >= 4 is 12.0 Å². The number of cyclic esters (lactones) is 1. The second-order valence-corrected chi connectivity index (χ2v) is 5.92. The third kappa shape index (κ3) is 3.38. The zero-order valence-corrected chi connectivity index (χ0v) is 13.2. The first kappa shape index (κ1) is 16.3. The van der Waals surface area contributed by atoms with Gasteiger partial charge in [-0.2, -0.15) is 0 Å². The standard InChI is InChI=1S/C18H23NO3/c1-4-8-15(17(20)19-11-12-22-18(19)21)16(13(2)3)14-9-6-5-7-10-14/h4-7,9-10,13,15-16H,1,8,11-12H2,2-3H3/t15-,16-/m1/s1. The Hall–Kier alpha value is -2.10. The summed E-state index contributed by atoms with van der Waals surface area (Å²) in [7, 11) is 0. The lowest BCUT2D eigenvalue weighted by Gasteiger charge is -2.31. The van der Waals surface area contributed by atoms with Crippen molar-refractivity contribution in [2.75, 3.05) is 13.2 Å². The van der Waals surface area contributed by atoms with Crippen LogP contribution in [0.4, 0.5) is 4.79 Å². The van der Waals surface area contributed by atoms with E-state index >= 15 is 0 Å². The number of carbonyl (C=O) groups excluding carboxylic acids is 2. The van der Waals surface area contributed by atoms with E-state index in [1.807, 2.05) is 30.3 Å². The smallest absolute Gasteiger partial charge is 0.416 e. The van der Waals surface area contributed by atoms with Crippen LogP contribution in [0.15, 0.2) is 43.0 Å². The topological polar surface area (TPSA) is 46.6 Å². The third-order valence-corrected chi connectivity index (χ3v) is 4.10. The van der Waals surface area contributed by atoms with Crippen LogP contribution in [0.25, 0.3) is 0 Å². The second kappa shape index (κ2) is 7.25. The van der Waals surface area contributed by atoms with Crippen LogP contribution in [0.2, 0.25) is 0 Å². The van der Waals surface area contributed by atoms with Crippen LogP contribution >= 0.6 is 0 Å². The van der Waals surface area contributed by atoms with Crippen molar-refractivity contribution in [2.24, 2.45) is 11.8 Å². The van der Waals surface area contributed by atoms with Crippen LogP contribution in [0.1, 0.15) is 31.7 Å². The molecule has 0 unspecified atom stereocenters. The van der Waals surface area contributed by atoms with Crippen LogP contribution in [-0.2, 0) is 9.53 Å². The molecule has 4 heteroatoms. The molecule has 0 aliphatic carbocycles. The second-order valence-electron chi connectivity index (χ2n) is 5.92. The molecule has 0 spiro atoms. The maximum atomic E-state index is 12.8. The molecule has 0 N–H and O–H groups in total. The predicted molar refractivity (Wildman–Crippen MR) is 85.4 cm³/mol. The molecule has 1 heterocycles. The van der Waals surface area contributed by atoms with E-state index < -0.39 is 6.09 Å². The van der Waals surface area contributed by atoms with Crippen molar-refractivity contribution in [1.82, 2.24) is 4.90 Å². The van der Waals surface area contributed by atoms with Gasteiger partial charge in [0.2, 0.25) is 5.91 Å². The Morgan fingerprint density at radius 1 is 1.36 bits per heavy atom. The Morgan fingerprint density at radius 3 is 2.55 bits per heavy atom. The van der Waals surface area contributed by atoms with E-state index in [1.54, 1.807) is 6.08 Å². The van der Waals surface area contributed by atoms with Gasteiger partial charge in [0.15, 0.2) is 0 Å². The van der Waals surface area contributed by atoms with Gasteiger partial charge in [-0.3, -0.25) is 4.79 Å². The molecule has 118 valence electrons. The van der Waals surface area contributed by atoms with E-state index in [0.29, 0.717) is 13.0 Å². The van der Waals surface area contributed by atoms with Gasteiger partial charge in [0.05, 0.1) is 6.54 Å². The average molecular weight is 301 g/mol. The summed E-state index contributed by atoms with van der Waals surface area (Å²) in [5.74, 6) is -0.148. The Labute approximate surface area is 131 Å². The SMILES string of the molecule is C=CC[C@@H](C(=O)N1CCOC1=O)[C@@H](c1ccccc1)C(C)C. The van der Waals surface area contributed by atoms with Crippen LogP contribution in [0.3, 0.4) is 0 Å². The summed E-state index contributed by atoms with van der Waals surface area (Å²) in [5, 5.41) is 0. The summed E-state index contributed by atoms with van der Waals surface area (Å²) in [4.78, 5) is 25.8. The number of carbonyl (C=O) groups is 2. The number of hydrogen-bond acceptors (Lipinski definition) is 3. The highest BCUT2D eigenvalue weighted by atomic mass is 16.6. The highest BCUT2D eigenvalue weighted by Gasteiger charge is 2.38. The molecule has 0 aromatic heterocycles. The molecule has 1 saturated heterocycles. The normalized spacial score (nSPS) is 17.2. The fraction of sp³-hybridized carbons (Fsp3) is 0.444. The maximum Gasteiger partial charge on any atom is 0.416 e. The van der Waals surface area contributed by atoms with E-state index in [0.717, 1.165) is 5.56 Å². The summed E-state index contributed by atoms with van der Waals surface area (Å²) >= 11 is 0. The van der Waals surface area contributed by atoms with Crippen molar-refractivity contribution in [3.05, 3.63) is 48.6 Å². The Bertz CT molecular complexity index is 539. The number of nitrogens with zero attached hydrogens (tertiary/aromatic N) is 1. The molecular formula is C18H23NO3. The quantitative estimate of drug-likeness (QED) is 0.754. The number of benzene rings is 1. The minimum absolute atomic E-state index is 0.0418. The maximum absolute atomic E-state index is 12.8. The Kier molecular flexibility index (Phi) is 5.36. The highest BCUT2D eigenvalue weighted by molar-refractivity contribution is 5.94. The lowest BCUT2D eigenvalue weighted by atomic mass is 9.76. The van der Waals surface area contributed by atoms with Gasteiger partial charge in [-0.15, -0.1) is 6.58 Å². The van der Waals surface area contributed by atoms with Crippen molar-refractivity contribution in [2.45, 2.75) is 26.2 Å². The first-order valence-electron chi connectivity index (χ1n) is 7.70. The van der Waals surface area contributed by atoms with Crippen molar-refractivity contribution in [3.8, 4) is 0 Å². The molecule has 2 amide bonds. The molecule has 1 aliphatic rings. The number of rotatable bonds is 6. The van der Waals surface area contributed by atoms with Gasteiger partial charge < -0.3 is 4.74 Å². The summed E-state index contributed by atoms with van der Waals surface area (Å²) < 4.78 is 4.90. The third-order valence-electron chi connectivity index (χ3n) is 4.10. The molecule has 0 radical (unpaired) electrons. The zero-order chi connectivity index (χ0) is 16.1. The summed E-state index contributed by atoms with van der Waals surface area (Å²) in [6.45, 7) is 8.60. The van der Waals surface area contributed by atoms with Crippen molar-refractivity contribution in [1.29, 1.82) is 0 Å². The van der Waals surface area contributed by atoms with Crippen LogP contribution in [0, 0.1) is 11.8 Å². The van der Waals surface area contributed by atoms with Crippen LogP contribution < -0.4 is 0 Å². The molecule has 0 bridgehead atoms. The van der Waals surface area contributed by atoms with Crippen LogP contribution in [-0.4, -0.2) is 30.1 Å². The lowest BCUT2D eigenvalue weighted by molar-refractivity contribution is -0.133. The molecule has 4 nitrogen and oxygen atoms in total. The van der Waals surface area contributed by atoms with E-state index in [2.05, 4.69) is 20.4 Å². The molecule has 2 atom stereocenters. The molecular weight excluding hydrogens is 278 g/mol. The van der Waals surface area contributed by atoms with Gasteiger partial charge in [0.25, 0.3) is 0 Å². The lowest BCUT2D eigenvalue weighted by Crippen LogP contribution is -2.40. The fourth-order valence-corrected chi connectivity index (χ4v) is 3.13. The largest absolute Gasteiger partial charge is 0.447 e. The van der Waals surface area contributed by atoms with Crippen LogP contribution in [0.5, 0.6) is 0 Å². The van der Waals surface area contributed by atoms with E-state index in [9.17, 15) is 9.59 Å². The molecule has 22 heavy (non-hydrogen) atoms. The molecule has 1 aliphatic heterocycles. The van der Waals surface area contributed by atoms with Gasteiger partial charge >= 0.3 is 6.09 Å². The summed E-state index contributed by atoms with van der Waals surface area (Å²) in [6.07, 6.45) is 1.76. The average Bonchev–Trinajstić information content (AvgIpc) is 2.93. The van der Waals surface area contributed by atoms with Crippen molar-refractivity contribution in [3.63, 3.8) is 0 Å². The zero-order valence-electron chi connectivity index (χ0n) is 13.2. The monoisotopic (exact) mass is 301 g/mol. The summed E-state index contributed by atoms with van der Waals surface area (Å²) in [5.41, 5.74) is 1.12. The first-order valence-corrected chi connectivity index (χ1v) is 7.70. The molecule has 1 fully saturated rings. The highest BCUT2D eigenvalue weighted by Crippen LogP contribution is 2.36. The van der Waals surface area contributed by atoms with E-state index in [-0.39, 0.29) is 30.3 Å². The van der Waals surface area contributed by atoms with E-state index in [4.69, 9.17) is 4.74 Å². The molecule has 2 rings (SSSR count). The minimum Gasteiger partial charge on any atom is -0.447 e. The Morgan fingerprint density at radius 2 is 2.05 bits per heavy atom. The Balaban J connectivity index is 2.32. The molecule has 0 saturated carbocycles. The molecule has 1 aromatic carbocycles. The number of ether oxygens (including phenoxy) is 1. The number of hydrogen-bond donors (Lipinski definition) is 0. The number of imide groups is 1. The number of allylic oxidation sites excluding steroid dienone is 1. The van der Waals surface area contributed by atoms with Gasteiger partial charge in [-0.25, -0.2) is 9.69 Å². The van der Waals surface area contributed by atoms with E-state index in [1.165, 1.54) is 4.90 Å². The predicted octanol–water partition coefficient (Wildman–Crippen LogP) is 3.60. The number of amides is 2. The minimum atomic E-state index is -0.533. The van der Waals surface area contributed by atoms with Crippen molar-refractivity contribution < 1.29 is 14.3 Å². The van der Waals surface area contributed by atoms with Gasteiger partial charge in [-0.05, 0) is 23.8 Å².